The molecule has 4 aromatic rings. The topological polar surface area (TPSA) is 192 Å². The van der Waals surface area contributed by atoms with Crippen LogP contribution in [-0.2, 0) is 50.0 Å². The second-order valence-electron chi connectivity index (χ2n) is 20.4. The number of esters is 1. The van der Waals surface area contributed by atoms with Crippen LogP contribution in [0.1, 0.15) is 93.2 Å². The maximum absolute atomic E-state index is 16.6. The monoisotopic (exact) mass is 1060 g/mol. The number of thioether (sulfide) groups is 1. The third-order valence-corrected chi connectivity index (χ3v) is 20.4. The van der Waals surface area contributed by atoms with Crippen LogP contribution < -0.4 is 31.3 Å². The molecule has 3 fully saturated rings. The minimum absolute atomic E-state index is 0.0677. The van der Waals surface area contributed by atoms with Crippen LogP contribution in [0.3, 0.4) is 0 Å². The Morgan fingerprint density at radius 3 is 2.09 bits per heavy atom. The fourth-order valence-electron chi connectivity index (χ4n) is 9.34. The van der Waals surface area contributed by atoms with Crippen LogP contribution in [0.4, 0.5) is 13.6 Å². The molecule has 7 rings (SSSR count). The van der Waals surface area contributed by atoms with Crippen molar-refractivity contribution in [2.24, 2.45) is 0 Å². The maximum atomic E-state index is 16.6. The fourth-order valence-corrected chi connectivity index (χ4v) is 12.2. The maximum Gasteiger partial charge on any atom is 0.315 e. The van der Waals surface area contributed by atoms with Gasteiger partial charge < -0.3 is 50.0 Å². The van der Waals surface area contributed by atoms with Crippen molar-refractivity contribution in [1.29, 1.82) is 0 Å². The molecule has 0 aromatic heterocycles. The van der Waals surface area contributed by atoms with Gasteiger partial charge in [-0.2, -0.15) is 11.8 Å². The lowest BCUT2D eigenvalue weighted by Gasteiger charge is -2.40. The average molecular weight is 1060 g/mol. The SMILES string of the molecule is CNC(=O)CCC(=O)OC1[C@@H](COC(c2ccccc2)(c2ccccc2)c2ccc(OC)cc2)O[C@@H](c2cc(CNC(=O)CNC(=O)CCCC[C@@H]3SC[C@@H]4NC(=O)N[C@@H]43)c(F)cc2F)[C@H]1O[Si](C)(C)C(C)(C)C. The molecule has 3 saturated heterocycles. The molecular formula is C55H69F2N5O10SSi. The lowest BCUT2D eigenvalue weighted by molar-refractivity contribution is -0.159. The van der Waals surface area contributed by atoms with Crippen LogP contribution in [0.15, 0.2) is 97.1 Å². The van der Waals surface area contributed by atoms with Gasteiger partial charge in [-0.25, -0.2) is 13.6 Å². The van der Waals surface area contributed by atoms with Crippen LogP contribution in [0.2, 0.25) is 18.1 Å². The molecular weight excluding hydrogens is 989 g/mol. The zero-order chi connectivity index (χ0) is 53.2. The first-order valence-electron chi connectivity index (χ1n) is 25.2. The van der Waals surface area contributed by atoms with E-state index in [1.165, 1.54) is 13.1 Å². The number of halogens is 2. The lowest BCUT2D eigenvalue weighted by Crippen LogP contribution is -2.50. The molecule has 74 heavy (non-hydrogen) atoms. The van der Waals surface area contributed by atoms with Gasteiger partial charge in [0.1, 0.15) is 41.3 Å². The van der Waals surface area contributed by atoms with Gasteiger partial charge in [0.2, 0.25) is 17.7 Å². The van der Waals surface area contributed by atoms with E-state index in [0.717, 1.165) is 41.4 Å². The summed E-state index contributed by atoms with van der Waals surface area (Å²) in [6, 6.07) is 28.7. The Hall–Kier alpha value is -5.86. The Morgan fingerprint density at radius 1 is 0.797 bits per heavy atom. The van der Waals surface area contributed by atoms with Crippen molar-refractivity contribution in [3.8, 4) is 5.75 Å². The minimum Gasteiger partial charge on any atom is -0.497 e. The van der Waals surface area contributed by atoms with Crippen molar-refractivity contribution in [3.63, 3.8) is 0 Å². The fraction of sp³-hybridized carbons (Fsp3) is 0.473. The van der Waals surface area contributed by atoms with Gasteiger partial charge in [0, 0.05) is 54.6 Å². The third kappa shape index (κ3) is 13.3. The molecule has 15 nitrogen and oxygen atoms in total. The summed E-state index contributed by atoms with van der Waals surface area (Å²) in [5.74, 6) is -2.40. The van der Waals surface area contributed by atoms with Crippen LogP contribution in [0.25, 0.3) is 0 Å². The smallest absolute Gasteiger partial charge is 0.315 e. The summed E-state index contributed by atoms with van der Waals surface area (Å²) in [5, 5.41) is 13.5. The molecule has 0 radical (unpaired) electrons. The molecule has 5 N–H and O–H groups in total. The van der Waals surface area contributed by atoms with Gasteiger partial charge in [-0.15, -0.1) is 0 Å². The van der Waals surface area contributed by atoms with Crippen LogP contribution in [0.5, 0.6) is 5.75 Å². The number of methoxy groups -OCH3 is 1. The number of urea groups is 1. The van der Waals surface area contributed by atoms with Crippen molar-refractivity contribution in [2.45, 2.75) is 131 Å². The second-order valence-corrected chi connectivity index (χ2v) is 26.4. The summed E-state index contributed by atoms with van der Waals surface area (Å²) in [6.45, 7) is 9.12. The van der Waals surface area contributed by atoms with Crippen LogP contribution >= 0.6 is 11.8 Å². The number of amides is 5. The quantitative estimate of drug-likeness (QED) is 0.0161. The van der Waals surface area contributed by atoms with E-state index in [2.05, 4.69) is 26.6 Å². The number of rotatable bonds is 23. The molecule has 7 atom stereocenters. The number of hydrogen-bond donors (Lipinski definition) is 5. The Kier molecular flexibility index (Phi) is 18.6. The number of benzene rings is 4. The van der Waals surface area contributed by atoms with E-state index in [1.807, 2.05) is 119 Å². The van der Waals surface area contributed by atoms with E-state index < -0.39 is 66.9 Å². The summed E-state index contributed by atoms with van der Waals surface area (Å²) < 4.78 is 65.4. The Balaban J connectivity index is 1.15. The summed E-state index contributed by atoms with van der Waals surface area (Å²) in [5.41, 5.74) is 0.804. The Labute approximate surface area is 437 Å². The van der Waals surface area contributed by atoms with Crippen molar-refractivity contribution in [1.82, 2.24) is 26.6 Å². The van der Waals surface area contributed by atoms with Crippen molar-refractivity contribution in [2.75, 3.05) is 33.1 Å². The minimum atomic E-state index is -2.84. The van der Waals surface area contributed by atoms with Crippen LogP contribution in [0, 0.1) is 11.6 Å². The highest BCUT2D eigenvalue weighted by molar-refractivity contribution is 8.00. The highest BCUT2D eigenvalue weighted by atomic mass is 32.2. The summed E-state index contributed by atoms with van der Waals surface area (Å²) in [4.78, 5) is 63.7. The molecule has 0 aliphatic carbocycles. The third-order valence-electron chi connectivity index (χ3n) is 14.4. The van der Waals surface area contributed by atoms with Gasteiger partial charge in [0.25, 0.3) is 0 Å². The first kappa shape index (κ1) is 55.9. The molecule has 0 spiro atoms. The number of carbonyl (C=O) groups excluding carboxylic acids is 5. The number of ether oxygens (including phenoxy) is 4. The van der Waals surface area contributed by atoms with E-state index >= 15 is 8.78 Å². The van der Waals surface area contributed by atoms with E-state index in [4.69, 9.17) is 23.4 Å². The summed E-state index contributed by atoms with van der Waals surface area (Å²) >= 11 is 1.80. The average Bonchev–Trinajstić information content (AvgIpc) is 4.05. The Bertz CT molecular complexity index is 2550. The normalized spacial score (nSPS) is 21.5. The van der Waals surface area contributed by atoms with E-state index in [9.17, 15) is 24.0 Å². The molecule has 3 aliphatic rings. The molecule has 3 heterocycles. The highest BCUT2D eigenvalue weighted by Crippen LogP contribution is 2.47. The summed E-state index contributed by atoms with van der Waals surface area (Å²) in [6.07, 6.45) is -2.83. The molecule has 398 valence electrons. The van der Waals surface area contributed by atoms with Gasteiger partial charge in [-0.1, -0.05) is 100.0 Å². The molecule has 0 bridgehead atoms. The largest absolute Gasteiger partial charge is 0.497 e. The van der Waals surface area contributed by atoms with Crippen molar-refractivity contribution < 1.29 is 56.1 Å². The van der Waals surface area contributed by atoms with E-state index in [0.29, 0.717) is 12.2 Å². The standard InChI is InChI=1S/C55H69F2N5O10SSi/c1-54(2,3)74(6,7)72-52-50(39-28-34(40(56)29-41(39)57)30-59-47(65)31-60-46(64)21-15-14-20-44-49-42(33-73-44)61-53(67)62-49)70-43(51(52)71-48(66)27-26-45(63)58-4)32-69-55(35-16-10-8-11-17-35,36-18-12-9-13-19-36)37-22-24-38(68-5)25-23-37/h8-13,16-19,22-25,28-29,42-44,49-52H,14-15,20-21,26-27,30-33H2,1-7H3,(H,58,63)(H,59,65)(H,60,64)(H2,61,62,67)/t42-,43+,44-,49-,50-,51?,52+/m0/s1. The van der Waals surface area contributed by atoms with Gasteiger partial charge in [0.05, 0.1) is 38.8 Å². The molecule has 4 aromatic carbocycles. The molecule has 5 amide bonds. The number of fused-ring (bicyclic) bond motifs is 1. The van der Waals surface area contributed by atoms with Crippen molar-refractivity contribution >= 4 is 49.8 Å². The zero-order valence-corrected chi connectivity index (χ0v) is 44.9. The van der Waals surface area contributed by atoms with E-state index in [1.54, 1.807) is 18.9 Å². The van der Waals surface area contributed by atoms with Crippen molar-refractivity contribution in [3.05, 3.63) is 137 Å². The molecule has 3 aliphatic heterocycles. The zero-order valence-electron chi connectivity index (χ0n) is 43.1. The second kappa shape index (κ2) is 24.7. The Morgan fingerprint density at radius 2 is 1.46 bits per heavy atom. The predicted octanol–water partition coefficient (Wildman–Crippen LogP) is 7.71. The van der Waals surface area contributed by atoms with Gasteiger partial charge in [0.15, 0.2) is 14.4 Å². The number of nitrogens with one attached hydrogen (secondary N) is 5. The number of hydrogen-bond acceptors (Lipinski definition) is 11. The predicted molar refractivity (Wildman–Crippen MR) is 280 cm³/mol. The number of carbonyl (C=O) groups is 5. The van der Waals surface area contributed by atoms with Crippen LogP contribution in [-0.4, -0.2) is 107 Å². The van der Waals surface area contributed by atoms with E-state index in [-0.39, 0.29) is 85.3 Å². The van der Waals surface area contributed by atoms with Gasteiger partial charge >= 0.3 is 12.0 Å². The lowest BCUT2D eigenvalue weighted by atomic mass is 9.80. The molecule has 1 unspecified atom stereocenters. The molecule has 0 saturated carbocycles. The first-order chi connectivity index (χ1) is 35.3. The van der Waals surface area contributed by atoms with Gasteiger partial charge in [-0.05, 0) is 65.9 Å². The van der Waals surface area contributed by atoms with Gasteiger partial charge in [-0.3, -0.25) is 19.2 Å². The number of unbranched alkanes of at least 4 members (excludes halogenated alkanes) is 1. The molecule has 19 heteroatoms. The highest BCUT2D eigenvalue weighted by Gasteiger charge is 2.54. The first-order valence-corrected chi connectivity index (χ1v) is 29.1. The summed E-state index contributed by atoms with van der Waals surface area (Å²) in [7, 11) is 0.205.